The summed E-state index contributed by atoms with van der Waals surface area (Å²) >= 11 is 0. The Morgan fingerprint density at radius 3 is 2.85 bits per heavy atom. The number of carbonyl (C=O) groups is 2. The van der Waals surface area contributed by atoms with Crippen molar-refractivity contribution in [3.05, 3.63) is 29.6 Å². The molecule has 2 rings (SSSR count). The largest absolute Gasteiger partial charge is 0.494 e. The van der Waals surface area contributed by atoms with Crippen LogP contribution < -0.4 is 15.4 Å². The first-order valence-electron chi connectivity index (χ1n) is 6.44. The molecular formula is C14H17FN2O3. The molecule has 1 aliphatic rings. The van der Waals surface area contributed by atoms with Gasteiger partial charge in [0.05, 0.1) is 13.2 Å². The summed E-state index contributed by atoms with van der Waals surface area (Å²) in [6.45, 7) is 1.76. The Bertz CT molecular complexity index is 533. The summed E-state index contributed by atoms with van der Waals surface area (Å²) in [4.78, 5) is 23.0. The monoisotopic (exact) mass is 280 g/mol. The summed E-state index contributed by atoms with van der Waals surface area (Å²) in [6, 6.07) is 3.70. The molecule has 0 spiro atoms. The van der Waals surface area contributed by atoms with Crippen LogP contribution >= 0.6 is 0 Å². The van der Waals surface area contributed by atoms with Crippen LogP contribution in [-0.4, -0.2) is 25.0 Å². The lowest BCUT2D eigenvalue weighted by Crippen LogP contribution is -2.42. The van der Waals surface area contributed by atoms with Crippen LogP contribution in [0.4, 0.5) is 4.39 Å². The number of amides is 2. The molecule has 0 bridgehead atoms. The first-order chi connectivity index (χ1) is 9.51. The third kappa shape index (κ3) is 3.07. The van der Waals surface area contributed by atoms with Gasteiger partial charge in [-0.2, -0.15) is 0 Å². The summed E-state index contributed by atoms with van der Waals surface area (Å²) in [5, 5.41) is 5.36. The molecule has 0 saturated carbocycles. The van der Waals surface area contributed by atoms with E-state index in [2.05, 4.69) is 10.6 Å². The van der Waals surface area contributed by atoms with Gasteiger partial charge >= 0.3 is 0 Å². The first kappa shape index (κ1) is 14.3. The van der Waals surface area contributed by atoms with Crippen molar-refractivity contribution in [3.8, 4) is 5.75 Å². The fraction of sp³-hybridized carbons (Fsp3) is 0.429. The molecule has 2 N–H and O–H groups in total. The van der Waals surface area contributed by atoms with E-state index >= 15 is 0 Å². The van der Waals surface area contributed by atoms with Crippen molar-refractivity contribution in [1.82, 2.24) is 10.6 Å². The van der Waals surface area contributed by atoms with E-state index in [9.17, 15) is 14.0 Å². The topological polar surface area (TPSA) is 67.4 Å². The van der Waals surface area contributed by atoms with E-state index in [1.54, 1.807) is 13.0 Å². The van der Waals surface area contributed by atoms with Crippen molar-refractivity contribution >= 4 is 11.8 Å². The summed E-state index contributed by atoms with van der Waals surface area (Å²) in [5.41, 5.74) is 0.640. The van der Waals surface area contributed by atoms with Crippen molar-refractivity contribution in [2.75, 3.05) is 7.11 Å². The number of methoxy groups -OCH3 is 1. The van der Waals surface area contributed by atoms with E-state index in [4.69, 9.17) is 4.74 Å². The normalized spacial score (nSPS) is 19.4. The van der Waals surface area contributed by atoms with Gasteiger partial charge in [-0.05, 0) is 31.0 Å². The Morgan fingerprint density at radius 2 is 2.30 bits per heavy atom. The molecule has 0 aliphatic carbocycles. The molecule has 1 heterocycles. The van der Waals surface area contributed by atoms with Crippen molar-refractivity contribution in [2.45, 2.75) is 31.8 Å². The Labute approximate surface area is 116 Å². The third-order valence-corrected chi connectivity index (χ3v) is 3.35. The van der Waals surface area contributed by atoms with Crippen molar-refractivity contribution in [1.29, 1.82) is 0 Å². The van der Waals surface area contributed by atoms with Gasteiger partial charge < -0.3 is 15.4 Å². The Morgan fingerprint density at radius 1 is 1.55 bits per heavy atom. The van der Waals surface area contributed by atoms with Crippen LogP contribution in [0.3, 0.4) is 0 Å². The summed E-state index contributed by atoms with van der Waals surface area (Å²) in [5.74, 6) is -0.677. The zero-order chi connectivity index (χ0) is 14.7. The number of halogens is 1. The van der Waals surface area contributed by atoms with Crippen molar-refractivity contribution < 1.29 is 18.7 Å². The molecule has 1 aromatic carbocycles. The highest BCUT2D eigenvalue weighted by Gasteiger charge is 2.28. The minimum absolute atomic E-state index is 0.117. The maximum Gasteiger partial charge on any atom is 0.243 e. The smallest absolute Gasteiger partial charge is 0.243 e. The molecule has 2 unspecified atom stereocenters. The van der Waals surface area contributed by atoms with Crippen LogP contribution in [0.1, 0.15) is 31.4 Å². The maximum atomic E-state index is 13.6. The highest BCUT2D eigenvalue weighted by Crippen LogP contribution is 2.22. The van der Waals surface area contributed by atoms with E-state index in [1.165, 1.54) is 19.2 Å². The summed E-state index contributed by atoms with van der Waals surface area (Å²) < 4.78 is 18.4. The summed E-state index contributed by atoms with van der Waals surface area (Å²) in [6.07, 6.45) is 0.859. The van der Waals surface area contributed by atoms with Crippen LogP contribution in [0.15, 0.2) is 18.2 Å². The van der Waals surface area contributed by atoms with Gasteiger partial charge in [-0.3, -0.25) is 9.59 Å². The van der Waals surface area contributed by atoms with E-state index < -0.39 is 11.9 Å². The SMILES string of the molecule is COc1ccc(C(C)NC(=O)C2CCC(=O)N2)cc1F. The van der Waals surface area contributed by atoms with E-state index in [-0.39, 0.29) is 23.6 Å². The zero-order valence-electron chi connectivity index (χ0n) is 11.4. The van der Waals surface area contributed by atoms with Crippen LogP contribution in [0.5, 0.6) is 5.75 Å². The minimum atomic E-state index is -0.493. The molecule has 20 heavy (non-hydrogen) atoms. The van der Waals surface area contributed by atoms with Gasteiger partial charge in [-0.1, -0.05) is 6.07 Å². The zero-order valence-corrected chi connectivity index (χ0v) is 11.4. The Hall–Kier alpha value is -2.11. The molecule has 2 atom stereocenters. The third-order valence-electron chi connectivity index (χ3n) is 3.35. The lowest BCUT2D eigenvalue weighted by molar-refractivity contribution is -0.126. The van der Waals surface area contributed by atoms with E-state index in [0.717, 1.165) is 0 Å². The average Bonchev–Trinajstić information content (AvgIpc) is 2.85. The van der Waals surface area contributed by atoms with Gasteiger partial charge in [-0.15, -0.1) is 0 Å². The summed E-state index contributed by atoms with van der Waals surface area (Å²) in [7, 11) is 1.39. The second-order valence-electron chi connectivity index (χ2n) is 4.78. The number of benzene rings is 1. The number of carbonyl (C=O) groups excluding carboxylic acids is 2. The van der Waals surface area contributed by atoms with Crippen LogP contribution in [-0.2, 0) is 9.59 Å². The van der Waals surface area contributed by atoms with Gasteiger partial charge in [-0.25, -0.2) is 4.39 Å². The van der Waals surface area contributed by atoms with Crippen LogP contribution in [0.25, 0.3) is 0 Å². The molecule has 5 nitrogen and oxygen atoms in total. The highest BCUT2D eigenvalue weighted by atomic mass is 19.1. The van der Waals surface area contributed by atoms with Crippen molar-refractivity contribution in [2.24, 2.45) is 0 Å². The molecule has 2 amide bonds. The van der Waals surface area contributed by atoms with Gasteiger partial charge in [0, 0.05) is 6.42 Å². The quantitative estimate of drug-likeness (QED) is 0.873. The molecule has 108 valence electrons. The molecule has 6 heteroatoms. The van der Waals surface area contributed by atoms with Gasteiger partial charge in [0.15, 0.2) is 11.6 Å². The average molecular weight is 280 g/mol. The predicted octanol–water partition coefficient (Wildman–Crippen LogP) is 1.29. The number of hydrogen-bond donors (Lipinski definition) is 2. The fourth-order valence-electron chi connectivity index (χ4n) is 2.16. The standard InChI is InChI=1S/C14H17FN2O3/c1-8(9-3-5-12(20-2)10(15)7-9)16-14(19)11-4-6-13(18)17-11/h3,5,7-8,11H,4,6H2,1-2H3,(H,16,19)(H,17,18). The molecule has 0 radical (unpaired) electrons. The fourth-order valence-corrected chi connectivity index (χ4v) is 2.16. The maximum absolute atomic E-state index is 13.6. The van der Waals surface area contributed by atoms with Gasteiger partial charge in [0.2, 0.25) is 11.8 Å². The number of rotatable bonds is 4. The van der Waals surface area contributed by atoms with Crippen LogP contribution in [0.2, 0.25) is 0 Å². The predicted molar refractivity (Wildman–Crippen MR) is 70.7 cm³/mol. The van der Waals surface area contributed by atoms with E-state index in [1.807, 2.05) is 0 Å². The number of hydrogen-bond acceptors (Lipinski definition) is 3. The van der Waals surface area contributed by atoms with Crippen molar-refractivity contribution in [3.63, 3.8) is 0 Å². The number of nitrogens with one attached hydrogen (secondary N) is 2. The Kier molecular flexibility index (Phi) is 4.22. The second-order valence-corrected chi connectivity index (χ2v) is 4.78. The highest BCUT2D eigenvalue weighted by molar-refractivity contribution is 5.90. The second kappa shape index (κ2) is 5.90. The van der Waals surface area contributed by atoms with E-state index in [0.29, 0.717) is 18.4 Å². The Balaban J connectivity index is 2.00. The first-order valence-corrected chi connectivity index (χ1v) is 6.44. The molecule has 0 aromatic heterocycles. The molecule has 1 aromatic rings. The van der Waals surface area contributed by atoms with Crippen LogP contribution in [0, 0.1) is 5.82 Å². The minimum Gasteiger partial charge on any atom is -0.494 e. The molecule has 1 aliphatic heterocycles. The lowest BCUT2D eigenvalue weighted by atomic mass is 10.1. The lowest BCUT2D eigenvalue weighted by Gasteiger charge is -2.18. The molecule has 1 saturated heterocycles. The molecular weight excluding hydrogens is 263 g/mol. The molecule has 1 fully saturated rings. The van der Waals surface area contributed by atoms with Gasteiger partial charge in [0.1, 0.15) is 6.04 Å². The number of ether oxygens (including phenoxy) is 1. The van der Waals surface area contributed by atoms with Gasteiger partial charge in [0.25, 0.3) is 0 Å².